The van der Waals surface area contributed by atoms with Gasteiger partial charge in [0.25, 0.3) is 0 Å². The topological polar surface area (TPSA) is 237 Å². The molecule has 0 aliphatic rings. The predicted molar refractivity (Wildman–Crippen MR) is 390 cm³/mol. The number of hydrogen-bond donors (Lipinski definition) is 3. The van der Waals surface area contributed by atoms with E-state index in [9.17, 15) is 43.2 Å². The lowest BCUT2D eigenvalue weighted by Crippen LogP contribution is -2.30. The van der Waals surface area contributed by atoms with Gasteiger partial charge in [0.15, 0.2) is 12.2 Å². The molecule has 96 heavy (non-hydrogen) atoms. The molecule has 5 unspecified atom stereocenters. The van der Waals surface area contributed by atoms with Crippen molar-refractivity contribution in [1.82, 2.24) is 0 Å². The second-order valence-electron chi connectivity index (χ2n) is 23.4. The molecule has 546 valence electrons. The standard InChI is InChI=1S/C77H126O17P2/c1-5-9-13-17-21-25-29-31-33-34-35-36-38-40-44-46-50-54-58-62-75(80)88-68-73(94-77(82)64-60-56-52-48-42-28-24-20-16-12-8-4)70-92-96(85,86)90-66-71(78)65-89-95(83,84)91-69-72(93-76(81)63-59-55-51-47-41-27-23-19-15-11-7-3)67-87-74(79)61-57-53-49-45-43-39-37-32-30-26-22-18-14-10-6-2/h9-10,13-14,20-22,24-26,31-33,35-37,40,43-45,50,53-54,57,71-73,78H,5-8,11-12,15-19,23,27-30,34,38-39,41-42,46-49,51-52,55-56,58-70H2,1-4H3,(H,83,84)(H,85,86)/b13-9-,14-10-,24-20-,25-21-,26-22-,33-31-,36-35-,37-32-,44-40-,45-43-,54-50-,57-53-. The molecule has 19 heteroatoms. The Kier molecular flexibility index (Phi) is 64.9. The molecule has 0 aromatic heterocycles. The quantitative estimate of drug-likeness (QED) is 0.0169. The molecule has 0 heterocycles. The van der Waals surface area contributed by atoms with Crippen LogP contribution in [0.25, 0.3) is 0 Å². The van der Waals surface area contributed by atoms with Gasteiger partial charge < -0.3 is 33.8 Å². The molecule has 0 radical (unpaired) electrons. The van der Waals surface area contributed by atoms with E-state index in [0.29, 0.717) is 32.1 Å². The molecular weight excluding hydrogens is 1260 g/mol. The van der Waals surface area contributed by atoms with Crippen molar-refractivity contribution >= 4 is 39.5 Å². The van der Waals surface area contributed by atoms with E-state index in [1.165, 1.54) is 44.9 Å². The summed E-state index contributed by atoms with van der Waals surface area (Å²) < 4.78 is 68.0. The number of esters is 4. The third kappa shape index (κ3) is 67.5. The number of allylic oxidation sites excluding steroid dienone is 23. The van der Waals surface area contributed by atoms with Crippen LogP contribution in [0.4, 0.5) is 0 Å². The molecule has 0 amide bonds. The van der Waals surface area contributed by atoms with E-state index in [1.807, 2.05) is 36.5 Å². The summed E-state index contributed by atoms with van der Waals surface area (Å²) in [5.41, 5.74) is 0. The van der Waals surface area contributed by atoms with Crippen molar-refractivity contribution in [2.24, 2.45) is 0 Å². The first-order valence-corrected chi connectivity index (χ1v) is 39.1. The minimum Gasteiger partial charge on any atom is -0.462 e. The van der Waals surface area contributed by atoms with Crippen molar-refractivity contribution in [3.8, 4) is 0 Å². The number of aliphatic hydroxyl groups is 1. The fourth-order valence-electron chi connectivity index (χ4n) is 8.89. The summed E-state index contributed by atoms with van der Waals surface area (Å²) in [4.78, 5) is 72.5. The van der Waals surface area contributed by atoms with Crippen LogP contribution in [0.3, 0.4) is 0 Å². The average Bonchev–Trinajstić information content (AvgIpc) is 1.15. The SMILES string of the molecule is CC/C=C\C/C=C\C/C=C\C/C=C\C/C=C\C/C=C\CCC(=O)OCC(COP(=O)(O)OCC(O)COP(=O)(O)OCC(COC(=O)C/C=C\C/C=C\C/C=C\C/C=C\C/C=C\CC)OC(=O)CCCCCCCCCCCCC)OC(=O)CCCCCCC/C=C\CCCC. The van der Waals surface area contributed by atoms with E-state index in [2.05, 4.69) is 131 Å². The molecule has 0 spiro atoms. The van der Waals surface area contributed by atoms with Crippen LogP contribution in [0, 0.1) is 0 Å². The van der Waals surface area contributed by atoms with Crippen molar-refractivity contribution in [3.05, 3.63) is 146 Å². The number of carbonyl (C=O) groups excluding carboxylic acids is 4. The van der Waals surface area contributed by atoms with Gasteiger partial charge >= 0.3 is 39.5 Å². The van der Waals surface area contributed by atoms with Crippen LogP contribution in [0.15, 0.2) is 146 Å². The van der Waals surface area contributed by atoms with Crippen molar-refractivity contribution < 1.29 is 80.2 Å². The smallest absolute Gasteiger partial charge is 0.462 e. The summed E-state index contributed by atoms with van der Waals surface area (Å²) in [5, 5.41) is 10.6. The molecule has 0 aromatic rings. The first-order valence-electron chi connectivity index (χ1n) is 36.1. The van der Waals surface area contributed by atoms with Crippen molar-refractivity contribution in [1.29, 1.82) is 0 Å². The Hall–Kier alpha value is -5.06. The largest absolute Gasteiger partial charge is 0.472 e. The zero-order valence-electron chi connectivity index (χ0n) is 59.2. The number of aliphatic hydroxyl groups excluding tert-OH is 1. The molecule has 0 aliphatic carbocycles. The minimum atomic E-state index is -5.00. The molecule has 5 atom stereocenters. The van der Waals surface area contributed by atoms with Crippen LogP contribution in [0.2, 0.25) is 0 Å². The van der Waals surface area contributed by atoms with Gasteiger partial charge in [-0.05, 0) is 109 Å². The highest BCUT2D eigenvalue weighted by molar-refractivity contribution is 7.47. The summed E-state index contributed by atoms with van der Waals surface area (Å²) in [6.07, 6.45) is 76.3. The summed E-state index contributed by atoms with van der Waals surface area (Å²) in [6.45, 7) is 4.35. The highest BCUT2D eigenvalue weighted by Crippen LogP contribution is 2.45. The third-order valence-corrected chi connectivity index (χ3v) is 16.2. The number of ether oxygens (including phenoxy) is 4. The molecule has 0 saturated carbocycles. The Balaban J connectivity index is 5.43. The van der Waals surface area contributed by atoms with Gasteiger partial charge in [-0.25, -0.2) is 9.13 Å². The lowest BCUT2D eigenvalue weighted by molar-refractivity contribution is -0.161. The molecule has 0 saturated heterocycles. The Labute approximate surface area is 579 Å². The van der Waals surface area contributed by atoms with Crippen LogP contribution >= 0.6 is 15.6 Å². The first-order chi connectivity index (χ1) is 46.7. The number of rotatable bonds is 66. The molecule has 3 N–H and O–H groups in total. The fraction of sp³-hybridized carbons (Fsp3) is 0.636. The summed E-state index contributed by atoms with van der Waals surface area (Å²) in [5.74, 6) is -2.44. The Bertz CT molecular complexity index is 2400. The molecule has 0 aliphatic heterocycles. The van der Waals surface area contributed by atoms with E-state index in [-0.39, 0.29) is 25.7 Å². The van der Waals surface area contributed by atoms with Crippen LogP contribution in [0.1, 0.15) is 259 Å². The highest BCUT2D eigenvalue weighted by atomic mass is 31.2. The lowest BCUT2D eigenvalue weighted by Gasteiger charge is -2.21. The van der Waals surface area contributed by atoms with E-state index in [4.69, 9.17) is 37.0 Å². The zero-order valence-corrected chi connectivity index (χ0v) is 61.0. The molecule has 0 rings (SSSR count). The van der Waals surface area contributed by atoms with Gasteiger partial charge in [0.2, 0.25) is 0 Å². The van der Waals surface area contributed by atoms with E-state index < -0.39 is 97.5 Å². The normalized spacial score (nSPS) is 14.9. The summed E-state index contributed by atoms with van der Waals surface area (Å²) >= 11 is 0. The van der Waals surface area contributed by atoms with Gasteiger partial charge in [-0.1, -0.05) is 270 Å². The Morgan fingerprint density at radius 2 is 0.615 bits per heavy atom. The summed E-state index contributed by atoms with van der Waals surface area (Å²) in [7, 11) is -9.99. The maximum Gasteiger partial charge on any atom is 0.472 e. The number of hydrogen-bond acceptors (Lipinski definition) is 15. The van der Waals surface area contributed by atoms with E-state index in [0.717, 1.165) is 128 Å². The van der Waals surface area contributed by atoms with Crippen molar-refractivity contribution in [2.75, 3.05) is 39.6 Å². The van der Waals surface area contributed by atoms with E-state index in [1.54, 1.807) is 6.08 Å². The number of phosphoric acid groups is 2. The van der Waals surface area contributed by atoms with Crippen LogP contribution < -0.4 is 0 Å². The van der Waals surface area contributed by atoms with Crippen LogP contribution in [-0.4, -0.2) is 96.7 Å². The van der Waals surface area contributed by atoms with Gasteiger partial charge in [0, 0.05) is 19.3 Å². The van der Waals surface area contributed by atoms with Gasteiger partial charge in [0.1, 0.15) is 19.3 Å². The molecule has 0 aromatic carbocycles. The lowest BCUT2D eigenvalue weighted by atomic mass is 10.1. The molecule has 0 bridgehead atoms. The number of unbranched alkanes of at least 4 members (excludes halogenated alkanes) is 17. The Morgan fingerprint density at radius 1 is 0.312 bits per heavy atom. The van der Waals surface area contributed by atoms with Gasteiger partial charge in [-0.15, -0.1) is 0 Å². The summed E-state index contributed by atoms with van der Waals surface area (Å²) in [6, 6.07) is 0. The molecule has 0 fully saturated rings. The maximum absolute atomic E-state index is 13.0. The number of phosphoric ester groups is 2. The first kappa shape index (κ1) is 90.9. The predicted octanol–water partition coefficient (Wildman–Crippen LogP) is 20.3. The van der Waals surface area contributed by atoms with Gasteiger partial charge in [0.05, 0.1) is 32.8 Å². The second-order valence-corrected chi connectivity index (χ2v) is 26.3. The monoisotopic (exact) mass is 1380 g/mol. The average molecular weight is 1390 g/mol. The van der Waals surface area contributed by atoms with E-state index >= 15 is 0 Å². The maximum atomic E-state index is 13.0. The zero-order chi connectivity index (χ0) is 70.4. The minimum absolute atomic E-state index is 0.0293. The van der Waals surface area contributed by atoms with Gasteiger partial charge in [-0.2, -0.15) is 0 Å². The fourth-order valence-corrected chi connectivity index (χ4v) is 10.5. The molecular formula is C77H126O17P2. The van der Waals surface area contributed by atoms with Crippen LogP contribution in [-0.2, 0) is 65.4 Å². The van der Waals surface area contributed by atoms with Crippen LogP contribution in [0.5, 0.6) is 0 Å². The van der Waals surface area contributed by atoms with Gasteiger partial charge in [-0.3, -0.25) is 37.3 Å². The third-order valence-electron chi connectivity index (χ3n) is 14.3. The molecule has 17 nitrogen and oxygen atoms in total. The highest BCUT2D eigenvalue weighted by Gasteiger charge is 2.30. The van der Waals surface area contributed by atoms with Crippen molar-refractivity contribution in [3.63, 3.8) is 0 Å². The number of carbonyl (C=O) groups is 4. The second kappa shape index (κ2) is 68.5. The Morgan fingerprint density at radius 3 is 1.00 bits per heavy atom. The van der Waals surface area contributed by atoms with Crippen molar-refractivity contribution in [2.45, 2.75) is 277 Å².